The highest BCUT2D eigenvalue weighted by atomic mass is 19.1. The normalized spacial score (nSPS) is 10.8. The summed E-state index contributed by atoms with van der Waals surface area (Å²) in [7, 11) is 0. The minimum absolute atomic E-state index is 0.151. The number of amides is 1. The zero-order valence-electron chi connectivity index (χ0n) is 15.0. The van der Waals surface area contributed by atoms with Crippen molar-refractivity contribution in [3.63, 3.8) is 0 Å². The molecule has 7 heteroatoms. The molecule has 0 saturated heterocycles. The Hall–Kier alpha value is -3.74. The summed E-state index contributed by atoms with van der Waals surface area (Å²) in [4.78, 5) is 23.5. The number of nitrogens with one attached hydrogen (secondary N) is 1. The average Bonchev–Trinajstić information content (AvgIpc) is 3.15. The second-order valence-corrected chi connectivity index (χ2v) is 5.98. The van der Waals surface area contributed by atoms with Crippen molar-refractivity contribution in [2.45, 2.75) is 6.92 Å². The Morgan fingerprint density at radius 3 is 2.57 bits per heavy atom. The molecule has 0 saturated carbocycles. The van der Waals surface area contributed by atoms with Gasteiger partial charge in [0.1, 0.15) is 11.5 Å². The standard InChI is InChI=1S/C21H17FN2O4/c1-14-2-7-16(8-3-14)18-12-20(28-24-18)23-19(25)13-27-21(26)11-6-15-4-9-17(22)10-5-15/h2-12H,13H2,1H3,(H,23,25)/b11-6+. The van der Waals surface area contributed by atoms with Crippen LogP contribution in [-0.4, -0.2) is 23.6 Å². The molecule has 0 aliphatic heterocycles. The Morgan fingerprint density at radius 2 is 1.86 bits per heavy atom. The van der Waals surface area contributed by atoms with Crippen molar-refractivity contribution in [1.29, 1.82) is 0 Å². The molecule has 0 aliphatic rings. The van der Waals surface area contributed by atoms with Crippen molar-refractivity contribution in [2.24, 2.45) is 0 Å². The number of benzene rings is 2. The molecule has 0 spiro atoms. The Labute approximate surface area is 160 Å². The molecular weight excluding hydrogens is 363 g/mol. The molecule has 0 atom stereocenters. The molecule has 3 rings (SSSR count). The van der Waals surface area contributed by atoms with E-state index in [4.69, 9.17) is 9.26 Å². The van der Waals surface area contributed by atoms with Crippen LogP contribution in [-0.2, 0) is 14.3 Å². The van der Waals surface area contributed by atoms with E-state index >= 15 is 0 Å². The third kappa shape index (κ3) is 5.38. The van der Waals surface area contributed by atoms with Crippen LogP contribution in [0.5, 0.6) is 0 Å². The van der Waals surface area contributed by atoms with Crippen LogP contribution in [0, 0.1) is 12.7 Å². The Balaban J connectivity index is 1.48. The van der Waals surface area contributed by atoms with E-state index < -0.39 is 18.5 Å². The number of aryl methyl sites for hydroxylation is 1. The van der Waals surface area contributed by atoms with E-state index in [1.165, 1.54) is 30.3 Å². The fourth-order valence-electron chi connectivity index (χ4n) is 2.29. The number of carbonyl (C=O) groups excluding carboxylic acids is 2. The Morgan fingerprint density at radius 1 is 1.14 bits per heavy atom. The maximum atomic E-state index is 12.8. The van der Waals surface area contributed by atoms with Crippen molar-refractivity contribution in [3.05, 3.63) is 77.6 Å². The molecule has 142 valence electrons. The fourth-order valence-corrected chi connectivity index (χ4v) is 2.29. The van der Waals surface area contributed by atoms with Crippen molar-refractivity contribution >= 4 is 23.8 Å². The summed E-state index contributed by atoms with van der Waals surface area (Å²) in [5.74, 6) is -1.47. The molecule has 0 bridgehead atoms. The first kappa shape index (κ1) is 19.0. The molecule has 0 radical (unpaired) electrons. The van der Waals surface area contributed by atoms with Gasteiger partial charge in [-0.2, -0.15) is 0 Å². The second kappa shape index (κ2) is 8.77. The van der Waals surface area contributed by atoms with Gasteiger partial charge < -0.3 is 9.26 Å². The first-order chi connectivity index (χ1) is 13.5. The predicted molar refractivity (Wildman–Crippen MR) is 102 cm³/mol. The minimum Gasteiger partial charge on any atom is -0.452 e. The van der Waals surface area contributed by atoms with Crippen LogP contribution in [0.4, 0.5) is 10.3 Å². The number of hydrogen-bond donors (Lipinski definition) is 1. The van der Waals surface area contributed by atoms with Gasteiger partial charge >= 0.3 is 5.97 Å². The van der Waals surface area contributed by atoms with E-state index in [0.717, 1.165) is 17.2 Å². The lowest BCUT2D eigenvalue weighted by atomic mass is 10.1. The number of aromatic nitrogens is 1. The van der Waals surface area contributed by atoms with Gasteiger partial charge in [-0.05, 0) is 30.7 Å². The van der Waals surface area contributed by atoms with Crippen molar-refractivity contribution in [1.82, 2.24) is 5.16 Å². The zero-order chi connectivity index (χ0) is 19.9. The molecular formula is C21H17FN2O4. The summed E-state index contributed by atoms with van der Waals surface area (Å²) in [6.45, 7) is 1.50. The number of esters is 1. The molecule has 0 aliphatic carbocycles. The molecule has 0 fully saturated rings. The van der Waals surface area contributed by atoms with Gasteiger partial charge in [-0.3, -0.25) is 10.1 Å². The molecule has 1 amide bonds. The first-order valence-electron chi connectivity index (χ1n) is 8.43. The quantitative estimate of drug-likeness (QED) is 0.517. The molecule has 2 aromatic carbocycles. The van der Waals surface area contributed by atoms with Crippen LogP contribution in [0.3, 0.4) is 0 Å². The largest absolute Gasteiger partial charge is 0.452 e. The van der Waals surface area contributed by atoms with Gasteiger partial charge in [0.25, 0.3) is 5.91 Å². The van der Waals surface area contributed by atoms with Crippen LogP contribution < -0.4 is 5.32 Å². The van der Waals surface area contributed by atoms with Gasteiger partial charge in [-0.1, -0.05) is 47.1 Å². The van der Waals surface area contributed by atoms with E-state index in [0.29, 0.717) is 11.3 Å². The number of halogens is 1. The van der Waals surface area contributed by atoms with Gasteiger partial charge in [-0.25, -0.2) is 9.18 Å². The fraction of sp³-hybridized carbons (Fsp3) is 0.0952. The maximum absolute atomic E-state index is 12.8. The monoisotopic (exact) mass is 380 g/mol. The van der Waals surface area contributed by atoms with Gasteiger partial charge in [0.2, 0.25) is 5.88 Å². The number of rotatable bonds is 6. The number of ether oxygens (including phenoxy) is 1. The second-order valence-electron chi connectivity index (χ2n) is 5.98. The van der Waals surface area contributed by atoms with Crippen LogP contribution in [0.15, 0.2) is 65.2 Å². The Kier molecular flexibility index (Phi) is 5.96. The lowest BCUT2D eigenvalue weighted by Crippen LogP contribution is -2.19. The van der Waals surface area contributed by atoms with E-state index in [2.05, 4.69) is 10.5 Å². The van der Waals surface area contributed by atoms with Crippen LogP contribution >= 0.6 is 0 Å². The summed E-state index contributed by atoms with van der Waals surface area (Å²) in [6, 6.07) is 14.9. The molecule has 28 heavy (non-hydrogen) atoms. The van der Waals surface area contributed by atoms with Gasteiger partial charge in [0, 0.05) is 17.7 Å². The summed E-state index contributed by atoms with van der Waals surface area (Å²) < 4.78 is 22.7. The van der Waals surface area contributed by atoms with Crippen molar-refractivity contribution in [3.8, 4) is 11.3 Å². The van der Waals surface area contributed by atoms with Crippen molar-refractivity contribution < 1.29 is 23.2 Å². The lowest BCUT2D eigenvalue weighted by Gasteiger charge is -2.01. The third-order valence-electron chi connectivity index (χ3n) is 3.75. The molecule has 3 aromatic rings. The lowest BCUT2D eigenvalue weighted by molar-refractivity contribution is -0.142. The summed E-state index contributed by atoms with van der Waals surface area (Å²) in [5, 5.41) is 6.37. The number of nitrogens with zero attached hydrogens (tertiary/aromatic N) is 1. The van der Waals surface area contributed by atoms with E-state index in [-0.39, 0.29) is 11.7 Å². The highest BCUT2D eigenvalue weighted by molar-refractivity contribution is 5.94. The highest BCUT2D eigenvalue weighted by Crippen LogP contribution is 2.21. The van der Waals surface area contributed by atoms with E-state index in [1.807, 2.05) is 31.2 Å². The van der Waals surface area contributed by atoms with E-state index in [1.54, 1.807) is 6.07 Å². The van der Waals surface area contributed by atoms with Crippen molar-refractivity contribution in [2.75, 3.05) is 11.9 Å². The van der Waals surface area contributed by atoms with Gasteiger partial charge in [0.05, 0.1) is 0 Å². The average molecular weight is 380 g/mol. The number of carbonyl (C=O) groups is 2. The molecule has 0 unspecified atom stereocenters. The van der Waals surface area contributed by atoms with Crippen LogP contribution in [0.1, 0.15) is 11.1 Å². The summed E-state index contributed by atoms with van der Waals surface area (Å²) in [6.07, 6.45) is 2.62. The number of anilines is 1. The topological polar surface area (TPSA) is 81.4 Å². The molecule has 1 aromatic heterocycles. The van der Waals surface area contributed by atoms with Crippen LogP contribution in [0.25, 0.3) is 17.3 Å². The minimum atomic E-state index is -0.697. The van der Waals surface area contributed by atoms with Crippen LogP contribution in [0.2, 0.25) is 0 Å². The highest BCUT2D eigenvalue weighted by Gasteiger charge is 2.11. The van der Waals surface area contributed by atoms with Gasteiger partial charge in [0.15, 0.2) is 6.61 Å². The number of hydrogen-bond acceptors (Lipinski definition) is 5. The maximum Gasteiger partial charge on any atom is 0.331 e. The zero-order valence-corrected chi connectivity index (χ0v) is 15.0. The molecule has 1 N–H and O–H groups in total. The summed E-state index contributed by atoms with van der Waals surface area (Å²) in [5.41, 5.74) is 3.19. The third-order valence-corrected chi connectivity index (χ3v) is 3.75. The Bertz CT molecular complexity index is 992. The first-order valence-corrected chi connectivity index (χ1v) is 8.43. The van der Waals surface area contributed by atoms with E-state index in [9.17, 15) is 14.0 Å². The predicted octanol–water partition coefficient (Wildman–Crippen LogP) is 3.98. The summed E-state index contributed by atoms with van der Waals surface area (Å²) >= 11 is 0. The smallest absolute Gasteiger partial charge is 0.331 e. The van der Waals surface area contributed by atoms with Gasteiger partial charge in [-0.15, -0.1) is 0 Å². The molecule has 6 nitrogen and oxygen atoms in total. The molecule has 1 heterocycles. The SMILES string of the molecule is Cc1ccc(-c2cc(NC(=O)COC(=O)/C=C/c3ccc(F)cc3)on2)cc1.